The molecule has 0 saturated carbocycles. The molecule has 8 nitrogen and oxygen atoms in total. The summed E-state index contributed by atoms with van der Waals surface area (Å²) in [6, 6.07) is 8.18. The first kappa shape index (κ1) is 29.5. The average molecular weight is 595 g/mol. The largest absolute Gasteiger partial charge is 0.444 e. The van der Waals surface area contributed by atoms with E-state index in [1.165, 1.54) is 23.0 Å². The maximum Gasteiger partial charge on any atom is 0.416 e. The second-order valence-corrected chi connectivity index (χ2v) is 11.7. The van der Waals surface area contributed by atoms with Gasteiger partial charge in [0.25, 0.3) is 11.1 Å². The van der Waals surface area contributed by atoms with Crippen LogP contribution in [0, 0.1) is 0 Å². The van der Waals surface area contributed by atoms with Crippen LogP contribution in [0.2, 0.25) is 5.02 Å². The molecule has 212 valence electrons. The Labute approximate surface area is 237 Å². The Hall–Kier alpha value is -3.51. The lowest BCUT2D eigenvalue weighted by Gasteiger charge is -2.23. The van der Waals surface area contributed by atoms with Crippen LogP contribution in [0.25, 0.3) is 17.0 Å². The number of amides is 3. The highest BCUT2D eigenvalue weighted by Gasteiger charge is 2.36. The standard InChI is InChI=1S/C27H26ClF3N4O4S/c1-15(33-24(37)39-26(2,3)4)13-34-23(36)22(40-25(34)38)10-16-5-8-21-18(9-16)12-32-35(21)14-17-6-7-19(28)11-20(17)27(29,30)31/h5-12,15H,13-14H2,1-4H3,(H,33,37)/b22-10+/t15-/m0/s1. The Morgan fingerprint density at radius 3 is 2.58 bits per heavy atom. The van der Waals surface area contributed by atoms with Gasteiger partial charge in [0, 0.05) is 23.0 Å². The highest BCUT2D eigenvalue weighted by molar-refractivity contribution is 8.18. The van der Waals surface area contributed by atoms with Gasteiger partial charge in [-0.2, -0.15) is 18.3 Å². The Bertz CT molecular complexity index is 1510. The lowest BCUT2D eigenvalue weighted by atomic mass is 10.1. The van der Waals surface area contributed by atoms with Crippen LogP contribution in [0.1, 0.15) is 44.4 Å². The van der Waals surface area contributed by atoms with E-state index in [0.717, 1.165) is 22.7 Å². The summed E-state index contributed by atoms with van der Waals surface area (Å²) in [5.74, 6) is -0.494. The van der Waals surface area contributed by atoms with Gasteiger partial charge in [0.1, 0.15) is 5.60 Å². The van der Waals surface area contributed by atoms with Gasteiger partial charge in [-0.3, -0.25) is 19.2 Å². The number of nitrogens with zero attached hydrogens (tertiary/aromatic N) is 3. The molecule has 0 aliphatic carbocycles. The average Bonchev–Trinajstić information content (AvgIpc) is 3.33. The minimum Gasteiger partial charge on any atom is -0.444 e. The zero-order chi connectivity index (χ0) is 29.4. The molecule has 1 atom stereocenters. The highest BCUT2D eigenvalue weighted by Crippen LogP contribution is 2.35. The van der Waals surface area contributed by atoms with E-state index in [4.69, 9.17) is 16.3 Å². The molecule has 3 amide bonds. The van der Waals surface area contributed by atoms with Crippen molar-refractivity contribution in [2.75, 3.05) is 6.54 Å². The van der Waals surface area contributed by atoms with Crippen LogP contribution in [0.4, 0.5) is 22.8 Å². The molecule has 1 aliphatic heterocycles. The molecule has 1 aliphatic rings. The molecular weight excluding hydrogens is 569 g/mol. The Morgan fingerprint density at radius 2 is 1.90 bits per heavy atom. The van der Waals surface area contributed by atoms with Gasteiger partial charge >= 0.3 is 12.3 Å². The van der Waals surface area contributed by atoms with Crippen LogP contribution in [-0.4, -0.2) is 50.1 Å². The first-order chi connectivity index (χ1) is 18.6. The number of alkyl halides is 3. The minimum absolute atomic E-state index is 0.00999. The maximum atomic E-state index is 13.5. The lowest BCUT2D eigenvalue weighted by Crippen LogP contribution is -2.45. The van der Waals surface area contributed by atoms with Gasteiger partial charge in [-0.05, 0) is 80.9 Å². The van der Waals surface area contributed by atoms with E-state index >= 15 is 0 Å². The van der Waals surface area contributed by atoms with Crippen LogP contribution in [-0.2, 0) is 22.3 Å². The zero-order valence-corrected chi connectivity index (χ0v) is 23.6. The lowest BCUT2D eigenvalue weighted by molar-refractivity contribution is -0.138. The van der Waals surface area contributed by atoms with E-state index in [0.29, 0.717) is 16.5 Å². The molecule has 2 aromatic carbocycles. The van der Waals surface area contributed by atoms with Crippen molar-refractivity contribution in [2.24, 2.45) is 0 Å². The van der Waals surface area contributed by atoms with Crippen molar-refractivity contribution in [3.63, 3.8) is 0 Å². The van der Waals surface area contributed by atoms with Crippen LogP contribution in [0.3, 0.4) is 0 Å². The first-order valence-electron chi connectivity index (χ1n) is 12.2. The highest BCUT2D eigenvalue weighted by atomic mass is 35.5. The van der Waals surface area contributed by atoms with Crippen molar-refractivity contribution in [2.45, 2.75) is 52.1 Å². The summed E-state index contributed by atoms with van der Waals surface area (Å²) in [6.07, 6.45) is -2.13. The Kier molecular flexibility index (Phi) is 8.23. The third-order valence-corrected chi connectivity index (χ3v) is 6.90. The Balaban J connectivity index is 1.48. The second-order valence-electron chi connectivity index (χ2n) is 10.3. The van der Waals surface area contributed by atoms with Crippen LogP contribution in [0.5, 0.6) is 0 Å². The van der Waals surface area contributed by atoms with E-state index in [1.54, 1.807) is 52.0 Å². The number of carbonyl (C=O) groups is 3. The maximum absolute atomic E-state index is 13.5. The molecule has 0 radical (unpaired) electrons. The topological polar surface area (TPSA) is 93.5 Å². The normalized spacial score (nSPS) is 16.2. The van der Waals surface area contributed by atoms with Gasteiger partial charge in [0.2, 0.25) is 0 Å². The number of thioether (sulfide) groups is 1. The molecule has 1 N–H and O–H groups in total. The number of hydrogen-bond acceptors (Lipinski definition) is 6. The molecule has 1 fully saturated rings. The minimum atomic E-state index is -4.57. The third kappa shape index (κ3) is 6.97. The zero-order valence-electron chi connectivity index (χ0n) is 22.0. The van der Waals surface area contributed by atoms with E-state index in [2.05, 4.69) is 10.4 Å². The molecular formula is C27H26ClF3N4O4S. The summed E-state index contributed by atoms with van der Waals surface area (Å²) in [5.41, 5.74) is -0.286. The van der Waals surface area contributed by atoms with E-state index < -0.39 is 40.6 Å². The number of fused-ring (bicyclic) bond motifs is 1. The van der Waals surface area contributed by atoms with Crippen molar-refractivity contribution in [1.29, 1.82) is 0 Å². The summed E-state index contributed by atoms with van der Waals surface area (Å²) in [6.45, 7) is 6.68. The molecule has 1 aromatic heterocycles. The van der Waals surface area contributed by atoms with Crippen LogP contribution < -0.4 is 5.32 Å². The summed E-state index contributed by atoms with van der Waals surface area (Å²) in [7, 11) is 0. The Morgan fingerprint density at radius 1 is 1.18 bits per heavy atom. The smallest absolute Gasteiger partial charge is 0.416 e. The fraction of sp³-hybridized carbons (Fsp3) is 0.333. The monoisotopic (exact) mass is 594 g/mol. The predicted molar refractivity (Wildman–Crippen MR) is 147 cm³/mol. The van der Waals surface area contributed by atoms with E-state index in [-0.39, 0.29) is 28.6 Å². The van der Waals surface area contributed by atoms with E-state index in [1.807, 2.05) is 0 Å². The number of rotatable bonds is 6. The number of aromatic nitrogens is 2. The van der Waals surface area contributed by atoms with Crippen molar-refractivity contribution in [1.82, 2.24) is 20.0 Å². The molecule has 13 heteroatoms. The fourth-order valence-electron chi connectivity index (χ4n) is 4.07. The van der Waals surface area contributed by atoms with Gasteiger partial charge in [0.05, 0.1) is 28.7 Å². The summed E-state index contributed by atoms with van der Waals surface area (Å²) < 4.78 is 47.2. The number of carbonyl (C=O) groups excluding carboxylic acids is 3. The molecule has 0 bridgehead atoms. The molecule has 4 rings (SSSR count). The van der Waals surface area contributed by atoms with Crippen molar-refractivity contribution in [3.8, 4) is 0 Å². The van der Waals surface area contributed by atoms with Crippen LogP contribution >= 0.6 is 23.4 Å². The van der Waals surface area contributed by atoms with Crippen molar-refractivity contribution >= 4 is 57.6 Å². The second kappa shape index (κ2) is 11.2. The van der Waals surface area contributed by atoms with Gasteiger partial charge in [-0.15, -0.1) is 0 Å². The number of nitrogens with one attached hydrogen (secondary N) is 1. The summed E-state index contributed by atoms with van der Waals surface area (Å²) >= 11 is 6.56. The fourth-order valence-corrected chi connectivity index (χ4v) is 5.09. The predicted octanol–water partition coefficient (Wildman–Crippen LogP) is 6.71. The number of alkyl carbamates (subject to hydrolysis) is 1. The number of halogens is 4. The number of benzene rings is 2. The molecule has 0 spiro atoms. The molecule has 0 unspecified atom stereocenters. The number of ether oxygens (including phenoxy) is 1. The van der Waals surface area contributed by atoms with Gasteiger partial charge in [-0.25, -0.2) is 4.79 Å². The van der Waals surface area contributed by atoms with E-state index in [9.17, 15) is 27.6 Å². The SMILES string of the molecule is C[C@@H](CN1C(=O)S/C(=C/c2ccc3c(cnn3Cc3ccc(Cl)cc3C(F)(F)F)c2)C1=O)NC(=O)OC(C)(C)C. The number of hydrogen-bond donors (Lipinski definition) is 1. The number of imide groups is 1. The summed E-state index contributed by atoms with van der Waals surface area (Å²) in [5, 5.41) is 7.02. The van der Waals surface area contributed by atoms with Gasteiger partial charge in [-0.1, -0.05) is 23.7 Å². The van der Waals surface area contributed by atoms with Crippen molar-refractivity contribution < 1.29 is 32.3 Å². The summed E-state index contributed by atoms with van der Waals surface area (Å²) in [4.78, 5) is 38.7. The van der Waals surface area contributed by atoms with Crippen molar-refractivity contribution in [3.05, 3.63) is 69.2 Å². The molecule has 2 heterocycles. The van der Waals surface area contributed by atoms with Gasteiger partial charge in [0.15, 0.2) is 0 Å². The van der Waals surface area contributed by atoms with Crippen LogP contribution in [0.15, 0.2) is 47.5 Å². The first-order valence-corrected chi connectivity index (χ1v) is 13.4. The quantitative estimate of drug-likeness (QED) is 0.319. The third-order valence-electron chi connectivity index (χ3n) is 5.75. The molecule has 1 saturated heterocycles. The molecule has 40 heavy (non-hydrogen) atoms. The molecule has 3 aromatic rings. The van der Waals surface area contributed by atoms with Gasteiger partial charge < -0.3 is 10.1 Å².